The maximum atomic E-state index is 5.64. The normalized spacial score (nSPS) is 12.9. The average Bonchev–Trinajstić information content (AvgIpc) is 2.84. The summed E-state index contributed by atoms with van der Waals surface area (Å²) in [5.74, 6) is 1.86. The molecule has 19 heavy (non-hydrogen) atoms. The highest BCUT2D eigenvalue weighted by atomic mass is 32.2. The molecule has 1 heterocycles. The molecule has 0 amide bonds. The molecule has 0 saturated heterocycles. The molecule has 0 spiro atoms. The zero-order valence-corrected chi connectivity index (χ0v) is 12.4. The summed E-state index contributed by atoms with van der Waals surface area (Å²) >= 11 is 1.56. The standard InChI is InChI=1S/C14H19N3OS/c1-9(2)12(15)13-16-17-14(18-13)19-8-11-6-4-5-10(3)7-11/h4-7,9,12H,8,15H2,1-3H3/p+1. The van der Waals surface area contributed by atoms with Gasteiger partial charge in [-0.3, -0.25) is 0 Å². The molecule has 0 aliphatic rings. The topological polar surface area (TPSA) is 66.6 Å². The van der Waals surface area contributed by atoms with Crippen LogP contribution < -0.4 is 5.73 Å². The maximum absolute atomic E-state index is 5.64. The summed E-state index contributed by atoms with van der Waals surface area (Å²) in [4.78, 5) is 0. The van der Waals surface area contributed by atoms with Gasteiger partial charge in [0.1, 0.15) is 0 Å². The van der Waals surface area contributed by atoms with E-state index in [0.29, 0.717) is 17.0 Å². The van der Waals surface area contributed by atoms with Crippen LogP contribution in [0.4, 0.5) is 0 Å². The van der Waals surface area contributed by atoms with Gasteiger partial charge in [-0.05, 0) is 12.5 Å². The van der Waals surface area contributed by atoms with Crippen molar-refractivity contribution in [2.75, 3.05) is 0 Å². The molecule has 5 heteroatoms. The van der Waals surface area contributed by atoms with Crippen molar-refractivity contribution in [3.63, 3.8) is 0 Å². The highest BCUT2D eigenvalue weighted by Crippen LogP contribution is 2.24. The number of nitrogens with zero attached hydrogens (tertiary/aromatic N) is 2. The maximum Gasteiger partial charge on any atom is 0.277 e. The third kappa shape index (κ3) is 3.81. The van der Waals surface area contributed by atoms with Crippen LogP contribution in [0.25, 0.3) is 0 Å². The Balaban J connectivity index is 1.97. The first-order chi connectivity index (χ1) is 9.06. The van der Waals surface area contributed by atoms with Gasteiger partial charge in [-0.2, -0.15) is 0 Å². The first kappa shape index (κ1) is 14.1. The summed E-state index contributed by atoms with van der Waals surface area (Å²) < 4.78 is 5.64. The number of rotatable bonds is 5. The van der Waals surface area contributed by atoms with E-state index in [2.05, 4.69) is 61.0 Å². The fourth-order valence-corrected chi connectivity index (χ4v) is 2.37. The van der Waals surface area contributed by atoms with Crippen molar-refractivity contribution in [2.24, 2.45) is 5.92 Å². The number of hydrogen-bond donors (Lipinski definition) is 1. The van der Waals surface area contributed by atoms with E-state index in [1.165, 1.54) is 11.1 Å². The molecule has 2 aromatic rings. The Morgan fingerprint density at radius 3 is 2.79 bits per heavy atom. The molecule has 1 aromatic carbocycles. The largest absolute Gasteiger partial charge is 0.410 e. The van der Waals surface area contributed by atoms with Gasteiger partial charge < -0.3 is 10.2 Å². The molecule has 0 radical (unpaired) electrons. The van der Waals surface area contributed by atoms with E-state index in [1.54, 1.807) is 11.8 Å². The molecule has 2 rings (SSSR count). The van der Waals surface area contributed by atoms with Crippen molar-refractivity contribution < 1.29 is 10.2 Å². The Labute approximate surface area is 117 Å². The van der Waals surface area contributed by atoms with E-state index in [4.69, 9.17) is 4.42 Å². The van der Waals surface area contributed by atoms with Gasteiger partial charge in [-0.25, -0.2) is 0 Å². The van der Waals surface area contributed by atoms with Gasteiger partial charge in [0, 0.05) is 11.7 Å². The lowest BCUT2D eigenvalue weighted by atomic mass is 10.1. The Morgan fingerprint density at radius 2 is 2.11 bits per heavy atom. The molecule has 0 saturated carbocycles. The molecule has 0 aliphatic carbocycles. The quantitative estimate of drug-likeness (QED) is 0.854. The molecule has 1 atom stereocenters. The molecular formula is C14H20N3OS+. The number of benzene rings is 1. The van der Waals surface area contributed by atoms with Gasteiger partial charge in [-0.1, -0.05) is 55.4 Å². The number of hydrogen-bond acceptors (Lipinski definition) is 4. The molecule has 0 aliphatic heterocycles. The highest BCUT2D eigenvalue weighted by molar-refractivity contribution is 7.98. The Bertz CT molecular complexity index is 539. The van der Waals surface area contributed by atoms with E-state index < -0.39 is 0 Å². The summed E-state index contributed by atoms with van der Waals surface area (Å²) in [7, 11) is 0. The predicted molar refractivity (Wildman–Crippen MR) is 75.5 cm³/mol. The molecule has 1 unspecified atom stereocenters. The van der Waals surface area contributed by atoms with Gasteiger partial charge in [0.25, 0.3) is 11.1 Å². The fraction of sp³-hybridized carbons (Fsp3) is 0.429. The van der Waals surface area contributed by atoms with Gasteiger partial charge in [0.05, 0.1) is 0 Å². The van der Waals surface area contributed by atoms with Crippen LogP contribution in [-0.2, 0) is 5.75 Å². The van der Waals surface area contributed by atoms with Crippen molar-refractivity contribution >= 4 is 11.8 Å². The third-order valence-corrected chi connectivity index (χ3v) is 3.88. The fourth-order valence-electron chi connectivity index (χ4n) is 1.66. The second-order valence-corrected chi connectivity index (χ2v) is 5.96. The molecule has 102 valence electrons. The first-order valence-electron chi connectivity index (χ1n) is 6.41. The summed E-state index contributed by atoms with van der Waals surface area (Å²) in [6.45, 7) is 6.29. The zero-order valence-electron chi connectivity index (χ0n) is 11.6. The van der Waals surface area contributed by atoms with Gasteiger partial charge in [0.15, 0.2) is 6.04 Å². The second kappa shape index (κ2) is 6.21. The van der Waals surface area contributed by atoms with E-state index in [0.717, 1.165) is 5.75 Å². The van der Waals surface area contributed by atoms with Crippen molar-refractivity contribution in [1.82, 2.24) is 10.2 Å². The minimum atomic E-state index is 0.0563. The molecule has 3 N–H and O–H groups in total. The minimum absolute atomic E-state index is 0.0563. The summed E-state index contributed by atoms with van der Waals surface area (Å²) in [6.07, 6.45) is 0. The zero-order chi connectivity index (χ0) is 13.8. The van der Waals surface area contributed by atoms with Crippen molar-refractivity contribution in [3.05, 3.63) is 41.3 Å². The molecule has 0 bridgehead atoms. The lowest BCUT2D eigenvalue weighted by molar-refractivity contribution is -0.443. The second-order valence-electron chi connectivity index (χ2n) is 5.03. The minimum Gasteiger partial charge on any atom is -0.410 e. The first-order valence-corrected chi connectivity index (χ1v) is 7.39. The van der Waals surface area contributed by atoms with Gasteiger partial charge >= 0.3 is 0 Å². The van der Waals surface area contributed by atoms with Crippen LogP contribution in [0.1, 0.15) is 36.9 Å². The monoisotopic (exact) mass is 278 g/mol. The van der Waals surface area contributed by atoms with Crippen molar-refractivity contribution in [3.8, 4) is 0 Å². The van der Waals surface area contributed by atoms with E-state index in [-0.39, 0.29) is 6.04 Å². The molecule has 4 nitrogen and oxygen atoms in total. The lowest BCUT2D eigenvalue weighted by Crippen LogP contribution is -2.56. The van der Waals surface area contributed by atoms with E-state index in [9.17, 15) is 0 Å². The van der Waals surface area contributed by atoms with Gasteiger partial charge in [-0.15, -0.1) is 10.2 Å². The highest BCUT2D eigenvalue weighted by Gasteiger charge is 2.21. The van der Waals surface area contributed by atoms with Gasteiger partial charge in [0.2, 0.25) is 0 Å². The Hall–Kier alpha value is -1.33. The smallest absolute Gasteiger partial charge is 0.277 e. The van der Waals surface area contributed by atoms with Crippen LogP contribution >= 0.6 is 11.8 Å². The van der Waals surface area contributed by atoms with Crippen molar-refractivity contribution in [1.29, 1.82) is 0 Å². The summed E-state index contributed by atoms with van der Waals surface area (Å²) in [6, 6.07) is 8.49. The summed E-state index contributed by atoms with van der Waals surface area (Å²) in [5, 5.41) is 8.75. The SMILES string of the molecule is Cc1cccc(CSc2nnc(C([NH3+])C(C)C)o2)c1. The van der Waals surface area contributed by atoms with Crippen LogP contribution in [0.2, 0.25) is 0 Å². The average molecular weight is 278 g/mol. The van der Waals surface area contributed by atoms with Crippen LogP contribution in [-0.4, -0.2) is 10.2 Å². The lowest BCUT2D eigenvalue weighted by Gasteiger charge is -2.06. The molecule has 0 fully saturated rings. The number of aromatic nitrogens is 2. The van der Waals surface area contributed by atoms with Crippen LogP contribution in [0.5, 0.6) is 0 Å². The third-order valence-electron chi connectivity index (χ3n) is 2.99. The number of thioether (sulfide) groups is 1. The Morgan fingerprint density at radius 1 is 1.32 bits per heavy atom. The summed E-state index contributed by atoms with van der Waals surface area (Å²) in [5.41, 5.74) is 6.57. The molecular weight excluding hydrogens is 258 g/mol. The van der Waals surface area contributed by atoms with Crippen LogP contribution in [0, 0.1) is 12.8 Å². The van der Waals surface area contributed by atoms with Crippen LogP contribution in [0.15, 0.2) is 33.9 Å². The number of quaternary nitrogens is 1. The van der Waals surface area contributed by atoms with E-state index >= 15 is 0 Å². The predicted octanol–water partition coefficient (Wildman–Crippen LogP) is 2.61. The van der Waals surface area contributed by atoms with Crippen LogP contribution in [0.3, 0.4) is 0 Å². The Kier molecular flexibility index (Phi) is 4.61. The molecule has 1 aromatic heterocycles. The van der Waals surface area contributed by atoms with E-state index in [1.807, 2.05) is 0 Å². The van der Waals surface area contributed by atoms with Crippen molar-refractivity contribution in [2.45, 2.75) is 37.8 Å². The number of aryl methyl sites for hydroxylation is 1.